The van der Waals surface area contributed by atoms with Crippen LogP contribution in [0.5, 0.6) is 0 Å². The third kappa shape index (κ3) is 2.12. The summed E-state index contributed by atoms with van der Waals surface area (Å²) < 4.78 is 35.3. The van der Waals surface area contributed by atoms with Crippen molar-refractivity contribution in [3.8, 4) is 0 Å². The predicted octanol–water partition coefficient (Wildman–Crippen LogP) is 2.12. The van der Waals surface area contributed by atoms with E-state index in [0.29, 0.717) is 17.9 Å². The van der Waals surface area contributed by atoms with Crippen molar-refractivity contribution in [2.45, 2.75) is 30.8 Å². The quantitative estimate of drug-likeness (QED) is 0.921. The molecule has 0 radical (unpaired) electrons. The molecular formula is C12H16N4O2S2. The van der Waals surface area contributed by atoms with Gasteiger partial charge in [0.1, 0.15) is 16.3 Å². The molecular weight excluding hydrogens is 296 g/mol. The van der Waals surface area contributed by atoms with Gasteiger partial charge in [0.25, 0.3) is 0 Å². The number of benzene rings is 1. The minimum Gasteiger partial charge on any atom is -0.315 e. The number of hydrogen-bond donors (Lipinski definition) is 1. The van der Waals surface area contributed by atoms with Gasteiger partial charge in [0.15, 0.2) is 0 Å². The second kappa shape index (κ2) is 5.03. The number of nitrogens with zero attached hydrogens (tertiary/aromatic N) is 3. The predicted molar refractivity (Wildman–Crippen MR) is 78.2 cm³/mol. The topological polar surface area (TPSA) is 88.1 Å². The lowest BCUT2D eigenvalue weighted by molar-refractivity contribution is 0.192. The van der Waals surface area contributed by atoms with Crippen molar-refractivity contribution in [2.75, 3.05) is 6.54 Å². The van der Waals surface area contributed by atoms with E-state index >= 15 is 0 Å². The minimum atomic E-state index is -3.63. The largest absolute Gasteiger partial charge is 0.315 e. The van der Waals surface area contributed by atoms with E-state index in [2.05, 4.69) is 8.73 Å². The van der Waals surface area contributed by atoms with E-state index in [1.165, 1.54) is 4.31 Å². The normalized spacial score (nSPS) is 26.3. The van der Waals surface area contributed by atoms with Crippen molar-refractivity contribution < 1.29 is 8.42 Å². The summed E-state index contributed by atoms with van der Waals surface area (Å²) in [7, 11) is -3.63. The summed E-state index contributed by atoms with van der Waals surface area (Å²) in [5.41, 5.74) is 7.12. The van der Waals surface area contributed by atoms with Crippen LogP contribution in [0.3, 0.4) is 0 Å². The average molecular weight is 312 g/mol. The zero-order chi connectivity index (χ0) is 14.3. The minimum absolute atomic E-state index is 0.159. The van der Waals surface area contributed by atoms with Gasteiger partial charge in [-0.15, -0.1) is 0 Å². The molecule has 2 heterocycles. The molecule has 6 nitrogen and oxygen atoms in total. The first-order valence-corrected chi connectivity index (χ1v) is 8.67. The Bertz CT molecular complexity index is 710. The van der Waals surface area contributed by atoms with Crippen LogP contribution in [-0.2, 0) is 21.4 Å². The van der Waals surface area contributed by atoms with E-state index in [-0.39, 0.29) is 10.8 Å². The second-order valence-electron chi connectivity index (χ2n) is 5.11. The van der Waals surface area contributed by atoms with Gasteiger partial charge in [-0.3, -0.25) is 0 Å². The summed E-state index contributed by atoms with van der Waals surface area (Å²) in [4.78, 5) is 0.202. The Balaban J connectivity index is 2.05. The molecule has 1 aromatic carbocycles. The number of rotatable bonds is 2. The number of piperidine rings is 1. The van der Waals surface area contributed by atoms with E-state index < -0.39 is 16.2 Å². The maximum atomic E-state index is 12.8. The number of fused-ring (bicyclic) bond motifs is 1. The Hall–Kier alpha value is -1.09. The lowest BCUT2D eigenvalue weighted by Gasteiger charge is -2.36. The summed E-state index contributed by atoms with van der Waals surface area (Å²) >= 11 is 1.02. The molecule has 2 atom stereocenters. The fourth-order valence-corrected chi connectivity index (χ4v) is 4.97. The van der Waals surface area contributed by atoms with Crippen LogP contribution in [0.25, 0.3) is 0 Å². The summed E-state index contributed by atoms with van der Waals surface area (Å²) in [6.07, 6.45) is 1.31. The fourth-order valence-electron chi connectivity index (χ4n) is 2.57. The molecule has 0 aliphatic carbocycles. The van der Waals surface area contributed by atoms with Crippen LogP contribution in [0.4, 0.5) is 11.4 Å². The maximum absolute atomic E-state index is 12.8. The Morgan fingerprint density at radius 1 is 1.40 bits per heavy atom. The Labute approximate surface area is 121 Å². The molecule has 2 N–H and O–H groups in total. The molecule has 1 saturated heterocycles. The van der Waals surface area contributed by atoms with Crippen molar-refractivity contribution in [2.24, 2.45) is 20.4 Å². The van der Waals surface area contributed by atoms with Gasteiger partial charge >= 0.3 is 0 Å². The van der Waals surface area contributed by atoms with E-state index in [1.807, 2.05) is 6.92 Å². The van der Waals surface area contributed by atoms with Gasteiger partial charge in [0.05, 0.1) is 17.5 Å². The summed E-state index contributed by atoms with van der Waals surface area (Å²) in [6.45, 7) is 2.44. The molecule has 20 heavy (non-hydrogen) atoms. The molecule has 0 bridgehead atoms. The van der Waals surface area contributed by atoms with Crippen LogP contribution >= 0.6 is 0 Å². The van der Waals surface area contributed by atoms with Gasteiger partial charge in [-0.1, -0.05) is 13.0 Å². The highest BCUT2D eigenvalue weighted by atomic mass is 32.2. The second-order valence-corrected chi connectivity index (χ2v) is 7.50. The van der Waals surface area contributed by atoms with Crippen molar-refractivity contribution in [3.63, 3.8) is 0 Å². The lowest BCUT2D eigenvalue weighted by atomic mass is 9.99. The summed E-state index contributed by atoms with van der Waals surface area (Å²) in [6, 6.07) is 5.02. The summed E-state index contributed by atoms with van der Waals surface area (Å²) in [5.74, 6) is 0.159. The molecule has 0 spiro atoms. The third-order valence-electron chi connectivity index (χ3n) is 3.79. The molecule has 1 fully saturated rings. The highest BCUT2D eigenvalue weighted by molar-refractivity contribution is 7.89. The average Bonchev–Trinajstić information content (AvgIpc) is 2.89. The molecule has 8 heteroatoms. The first-order chi connectivity index (χ1) is 9.51. The van der Waals surface area contributed by atoms with Gasteiger partial charge in [-0.2, -0.15) is 13.0 Å². The van der Waals surface area contributed by atoms with Crippen LogP contribution in [0.15, 0.2) is 31.8 Å². The molecule has 1 aromatic rings. The van der Waals surface area contributed by atoms with Gasteiger partial charge in [-0.25, -0.2) is 8.42 Å². The lowest BCUT2D eigenvalue weighted by Crippen LogP contribution is -2.52. The van der Waals surface area contributed by atoms with Crippen LogP contribution in [0.1, 0.15) is 19.8 Å². The van der Waals surface area contributed by atoms with Crippen LogP contribution in [-0.4, -0.2) is 25.4 Å². The Kier molecular flexibility index (Phi) is 3.49. The molecule has 3 rings (SSSR count). The van der Waals surface area contributed by atoms with E-state index in [9.17, 15) is 8.42 Å². The van der Waals surface area contributed by atoms with E-state index in [1.54, 1.807) is 18.2 Å². The monoisotopic (exact) mass is 312 g/mol. The molecule has 0 saturated carbocycles. The smallest absolute Gasteiger partial charge is 0.246 e. The highest BCUT2D eigenvalue weighted by Gasteiger charge is 2.36. The SMILES string of the molecule is CC1CCCN(S(=O)(=O)c2cccc3c2N=S=N3)C1N. The zero-order valence-corrected chi connectivity index (χ0v) is 12.7. The Morgan fingerprint density at radius 2 is 2.20 bits per heavy atom. The first-order valence-electron chi connectivity index (χ1n) is 6.50. The van der Waals surface area contributed by atoms with Gasteiger partial charge in [0.2, 0.25) is 10.0 Å². The van der Waals surface area contributed by atoms with Gasteiger partial charge in [-0.05, 0) is 30.9 Å². The highest BCUT2D eigenvalue weighted by Crippen LogP contribution is 2.39. The third-order valence-corrected chi connectivity index (χ3v) is 6.26. The standard InChI is InChI=1S/C12H16N4O2S2/c1-8-4-3-7-16(12(8)13)20(17,18)10-6-2-5-9-11(10)15-19-14-9/h2,5-6,8,12H,3-4,7,13H2,1H3. The number of hydrogen-bond acceptors (Lipinski definition) is 5. The molecule has 2 aliphatic heterocycles. The van der Waals surface area contributed by atoms with E-state index in [0.717, 1.165) is 24.2 Å². The first kappa shape index (κ1) is 13.9. The van der Waals surface area contributed by atoms with Crippen LogP contribution in [0.2, 0.25) is 0 Å². The fraction of sp³-hybridized carbons (Fsp3) is 0.500. The molecule has 2 aliphatic rings. The molecule has 108 valence electrons. The van der Waals surface area contributed by atoms with Crippen molar-refractivity contribution in [3.05, 3.63) is 18.2 Å². The van der Waals surface area contributed by atoms with Crippen molar-refractivity contribution >= 4 is 32.8 Å². The zero-order valence-electron chi connectivity index (χ0n) is 11.1. The van der Waals surface area contributed by atoms with Crippen molar-refractivity contribution in [1.82, 2.24) is 4.31 Å². The van der Waals surface area contributed by atoms with Gasteiger partial charge in [0, 0.05) is 6.54 Å². The van der Waals surface area contributed by atoms with Gasteiger partial charge < -0.3 is 5.73 Å². The molecule has 0 aromatic heterocycles. The van der Waals surface area contributed by atoms with E-state index in [4.69, 9.17) is 5.73 Å². The number of sulfonamides is 1. The molecule has 2 unspecified atom stereocenters. The van der Waals surface area contributed by atoms with Crippen molar-refractivity contribution in [1.29, 1.82) is 0 Å². The maximum Gasteiger partial charge on any atom is 0.246 e. The van der Waals surface area contributed by atoms with Crippen LogP contribution in [0, 0.1) is 5.92 Å². The Morgan fingerprint density at radius 3 is 3.00 bits per heavy atom. The van der Waals surface area contributed by atoms with Crippen LogP contribution < -0.4 is 5.73 Å². The number of nitrogens with two attached hydrogens (primary N) is 1. The molecule has 0 amide bonds. The summed E-state index contributed by atoms with van der Waals surface area (Å²) in [5, 5.41) is 0.